The summed E-state index contributed by atoms with van der Waals surface area (Å²) in [6.07, 6.45) is -1.44. The van der Waals surface area contributed by atoms with Gasteiger partial charge in [0.05, 0.1) is 36.2 Å². The lowest BCUT2D eigenvalue weighted by Crippen LogP contribution is -2.42. The molecular formula is C26H28F3N7O2. The number of primary amides is 2. The number of aromatic nitrogens is 2. The molecular weight excluding hydrogens is 499 g/mol. The van der Waals surface area contributed by atoms with E-state index >= 15 is 0 Å². The van der Waals surface area contributed by atoms with Gasteiger partial charge in [0.1, 0.15) is 12.2 Å². The minimum atomic E-state index is -4.43. The van der Waals surface area contributed by atoms with Crippen LogP contribution < -0.4 is 22.1 Å². The third-order valence-electron chi connectivity index (χ3n) is 6.22. The van der Waals surface area contributed by atoms with E-state index in [0.29, 0.717) is 29.7 Å². The van der Waals surface area contributed by atoms with Crippen LogP contribution in [0.1, 0.15) is 29.0 Å². The van der Waals surface area contributed by atoms with Crippen molar-refractivity contribution < 1.29 is 22.8 Å². The summed E-state index contributed by atoms with van der Waals surface area (Å²) in [4.78, 5) is 28.2. The van der Waals surface area contributed by atoms with Crippen LogP contribution in [0.25, 0.3) is 10.9 Å². The molecule has 6 N–H and O–H groups in total. The quantitative estimate of drug-likeness (QED) is 0.333. The highest BCUT2D eigenvalue weighted by Gasteiger charge is 2.30. The van der Waals surface area contributed by atoms with Crippen LogP contribution in [0.4, 0.5) is 24.5 Å². The third kappa shape index (κ3) is 6.95. The van der Waals surface area contributed by atoms with Gasteiger partial charge in [0.15, 0.2) is 0 Å². The molecule has 1 aliphatic rings. The number of nitrogens with one attached hydrogen (secondary N) is 2. The fraction of sp³-hybridized carbons (Fsp3) is 0.346. The number of carbonyl (C=O) groups excluding carboxylic acids is 2. The van der Waals surface area contributed by atoms with Crippen molar-refractivity contribution >= 4 is 34.1 Å². The number of pyridine rings is 1. The number of alkyl halides is 3. The standard InChI is InChI=1S/C26H28F3N7O2/c27-26(28,29)16-36-19(3-2-10-32-18-6-7-22(25(31)38)33-14-18)13-20-21(4-1-5-23(20)36)34-17-8-11-35(12-9-17)15-24(30)37/h1,4-7,13-14,17,32,34H,8-12,15-16H2,(H2,30,37)(H2,31,38). The van der Waals surface area contributed by atoms with Crippen LogP contribution in [0.15, 0.2) is 42.6 Å². The first kappa shape index (κ1) is 26.8. The zero-order chi connectivity index (χ0) is 27.3. The first-order valence-electron chi connectivity index (χ1n) is 12.0. The smallest absolute Gasteiger partial charge is 0.382 e. The Balaban J connectivity index is 1.52. The lowest BCUT2D eigenvalue weighted by Gasteiger charge is -2.32. The van der Waals surface area contributed by atoms with Crippen molar-refractivity contribution in [1.29, 1.82) is 0 Å². The number of rotatable bonds is 8. The van der Waals surface area contributed by atoms with Gasteiger partial charge in [-0.25, -0.2) is 4.98 Å². The SMILES string of the molecule is NC(=O)CN1CCC(Nc2cccc3c2cc(C#CCNc2ccc(C(N)=O)nc2)n3CC(F)(F)F)CC1. The Labute approximate surface area is 217 Å². The number of halogens is 3. The number of amides is 2. The molecule has 0 unspecified atom stereocenters. The second-order valence-corrected chi connectivity index (χ2v) is 9.08. The van der Waals surface area contributed by atoms with Crippen LogP contribution >= 0.6 is 0 Å². The summed E-state index contributed by atoms with van der Waals surface area (Å²) in [7, 11) is 0. The topological polar surface area (TPSA) is 131 Å². The van der Waals surface area contributed by atoms with E-state index in [1.807, 2.05) is 11.0 Å². The van der Waals surface area contributed by atoms with Crippen molar-refractivity contribution in [1.82, 2.24) is 14.5 Å². The maximum absolute atomic E-state index is 13.5. The monoisotopic (exact) mass is 527 g/mol. The van der Waals surface area contributed by atoms with Crippen LogP contribution in [-0.4, -0.2) is 64.7 Å². The molecule has 0 radical (unpaired) electrons. The number of likely N-dealkylation sites (tertiary alicyclic amines) is 1. The van der Waals surface area contributed by atoms with E-state index in [1.54, 1.807) is 24.3 Å². The number of anilines is 2. The van der Waals surface area contributed by atoms with Gasteiger partial charge in [-0.15, -0.1) is 0 Å². The second-order valence-electron chi connectivity index (χ2n) is 9.08. The average molecular weight is 528 g/mol. The van der Waals surface area contributed by atoms with Crippen molar-refractivity contribution in [2.24, 2.45) is 11.5 Å². The number of nitrogens with two attached hydrogens (primary N) is 2. The Morgan fingerprint density at radius 2 is 1.89 bits per heavy atom. The van der Waals surface area contributed by atoms with Crippen LogP contribution in [0.5, 0.6) is 0 Å². The average Bonchev–Trinajstić information content (AvgIpc) is 3.20. The van der Waals surface area contributed by atoms with Gasteiger partial charge in [0.25, 0.3) is 5.91 Å². The zero-order valence-electron chi connectivity index (χ0n) is 20.5. The molecule has 1 fully saturated rings. The Morgan fingerprint density at radius 1 is 1.13 bits per heavy atom. The summed E-state index contributed by atoms with van der Waals surface area (Å²) in [5.41, 5.74) is 12.6. The summed E-state index contributed by atoms with van der Waals surface area (Å²) < 4.78 is 41.5. The molecule has 0 saturated carbocycles. The Kier molecular flexibility index (Phi) is 8.07. The van der Waals surface area contributed by atoms with Crippen LogP contribution in [0, 0.1) is 11.8 Å². The highest BCUT2D eigenvalue weighted by atomic mass is 19.4. The van der Waals surface area contributed by atoms with Crippen LogP contribution in [0.3, 0.4) is 0 Å². The zero-order valence-corrected chi connectivity index (χ0v) is 20.5. The summed E-state index contributed by atoms with van der Waals surface area (Å²) in [5.74, 6) is 4.71. The molecule has 12 heteroatoms. The van der Waals surface area contributed by atoms with Crippen LogP contribution in [-0.2, 0) is 11.3 Å². The fourth-order valence-electron chi connectivity index (χ4n) is 4.46. The Bertz CT molecular complexity index is 1370. The molecule has 2 aromatic heterocycles. The maximum atomic E-state index is 13.5. The maximum Gasteiger partial charge on any atom is 0.406 e. The molecule has 38 heavy (non-hydrogen) atoms. The van der Waals surface area contributed by atoms with E-state index in [4.69, 9.17) is 11.5 Å². The van der Waals surface area contributed by atoms with Gasteiger partial charge in [-0.05, 0) is 49.1 Å². The van der Waals surface area contributed by atoms with E-state index in [0.717, 1.165) is 18.5 Å². The number of hydrogen-bond acceptors (Lipinski definition) is 6. The molecule has 1 saturated heterocycles. The van der Waals surface area contributed by atoms with Gasteiger partial charge in [-0.3, -0.25) is 14.5 Å². The molecule has 1 aromatic carbocycles. The molecule has 4 rings (SSSR count). The predicted molar refractivity (Wildman–Crippen MR) is 138 cm³/mol. The number of fused-ring (bicyclic) bond motifs is 1. The van der Waals surface area contributed by atoms with E-state index in [1.165, 1.54) is 16.8 Å². The Hall–Kier alpha value is -4.24. The van der Waals surface area contributed by atoms with Gasteiger partial charge < -0.3 is 26.7 Å². The first-order valence-corrected chi connectivity index (χ1v) is 12.0. The van der Waals surface area contributed by atoms with Gasteiger partial charge in [-0.2, -0.15) is 13.2 Å². The van der Waals surface area contributed by atoms with E-state index in [-0.39, 0.29) is 36.4 Å². The number of carbonyl (C=O) groups is 2. The van der Waals surface area contributed by atoms with Crippen molar-refractivity contribution in [3.8, 4) is 11.8 Å². The molecule has 3 heterocycles. The molecule has 200 valence electrons. The van der Waals surface area contributed by atoms with Crippen molar-refractivity contribution in [3.63, 3.8) is 0 Å². The molecule has 0 spiro atoms. The lowest BCUT2D eigenvalue weighted by atomic mass is 10.0. The molecule has 0 atom stereocenters. The molecule has 9 nitrogen and oxygen atoms in total. The molecule has 3 aromatic rings. The first-order chi connectivity index (χ1) is 18.1. The number of hydrogen-bond donors (Lipinski definition) is 4. The van der Waals surface area contributed by atoms with Crippen molar-refractivity contribution in [2.45, 2.75) is 31.6 Å². The molecule has 1 aliphatic heterocycles. The second kappa shape index (κ2) is 11.4. The normalized spacial score (nSPS) is 14.6. The Morgan fingerprint density at radius 3 is 2.53 bits per heavy atom. The van der Waals surface area contributed by atoms with Gasteiger partial charge >= 0.3 is 6.18 Å². The van der Waals surface area contributed by atoms with E-state index in [9.17, 15) is 22.8 Å². The van der Waals surface area contributed by atoms with Crippen molar-refractivity contribution in [3.05, 3.63) is 54.0 Å². The largest absolute Gasteiger partial charge is 0.406 e. The summed E-state index contributed by atoms with van der Waals surface area (Å²) >= 11 is 0. The number of benzene rings is 1. The van der Waals surface area contributed by atoms with E-state index < -0.39 is 18.6 Å². The van der Waals surface area contributed by atoms with Gasteiger partial charge in [-0.1, -0.05) is 12.0 Å². The van der Waals surface area contributed by atoms with Crippen molar-refractivity contribution in [2.75, 3.05) is 36.8 Å². The predicted octanol–water partition coefficient (Wildman–Crippen LogP) is 2.52. The minimum Gasteiger partial charge on any atom is -0.382 e. The lowest BCUT2D eigenvalue weighted by molar-refractivity contribution is -0.140. The summed E-state index contributed by atoms with van der Waals surface area (Å²) in [6, 6.07) is 10.1. The van der Waals surface area contributed by atoms with Crippen LogP contribution in [0.2, 0.25) is 0 Å². The van der Waals surface area contributed by atoms with Gasteiger partial charge in [0.2, 0.25) is 5.91 Å². The third-order valence-corrected chi connectivity index (χ3v) is 6.22. The fourth-order valence-corrected chi connectivity index (χ4v) is 4.46. The highest BCUT2D eigenvalue weighted by molar-refractivity contribution is 5.94. The summed E-state index contributed by atoms with van der Waals surface area (Å²) in [5, 5.41) is 7.12. The number of nitrogens with zero attached hydrogens (tertiary/aromatic N) is 3. The molecule has 2 amide bonds. The number of piperidine rings is 1. The molecule has 0 aliphatic carbocycles. The summed E-state index contributed by atoms with van der Waals surface area (Å²) in [6.45, 7) is 0.614. The minimum absolute atomic E-state index is 0.115. The van der Waals surface area contributed by atoms with E-state index in [2.05, 4.69) is 27.5 Å². The molecule has 0 bridgehead atoms. The van der Waals surface area contributed by atoms with Gasteiger partial charge in [0, 0.05) is 30.2 Å². The highest BCUT2D eigenvalue weighted by Crippen LogP contribution is 2.31.